The Labute approximate surface area is 95.6 Å². The molecule has 1 nitrogen and oxygen atoms in total. The van der Waals surface area contributed by atoms with Gasteiger partial charge in [-0.2, -0.15) is 0 Å². The number of fused-ring (bicyclic) bond motifs is 1. The maximum Gasteiger partial charge on any atom is 0.0728 e. The van der Waals surface area contributed by atoms with Gasteiger partial charge in [0.1, 0.15) is 0 Å². The first-order valence-corrected chi connectivity index (χ1v) is 6.74. The second-order valence-electron chi connectivity index (χ2n) is 4.80. The van der Waals surface area contributed by atoms with E-state index in [1.807, 2.05) is 0 Å². The second-order valence-corrected chi connectivity index (χ2v) is 6.28. The van der Waals surface area contributed by atoms with Gasteiger partial charge in [0, 0.05) is 18.9 Å². The van der Waals surface area contributed by atoms with Crippen LogP contribution in [0.1, 0.15) is 24.5 Å². The zero-order valence-electron chi connectivity index (χ0n) is 9.12. The molecular formula is C13H17NS. The van der Waals surface area contributed by atoms with Gasteiger partial charge >= 0.3 is 0 Å². The van der Waals surface area contributed by atoms with Crippen LogP contribution in [0.4, 0.5) is 0 Å². The van der Waals surface area contributed by atoms with Crippen LogP contribution in [0.5, 0.6) is 0 Å². The van der Waals surface area contributed by atoms with Gasteiger partial charge in [0.2, 0.25) is 0 Å². The standard InChI is InChI=1S/C13H17NS/c1-10-6-7-15-13(14-10)8-11-4-2-3-5-12(11)9-13/h2-5,10,14H,6-9H2,1H3. The molecule has 1 saturated heterocycles. The molecule has 1 fully saturated rings. The summed E-state index contributed by atoms with van der Waals surface area (Å²) in [6.45, 7) is 2.31. The smallest absolute Gasteiger partial charge is 0.0728 e. The van der Waals surface area contributed by atoms with Crippen molar-refractivity contribution in [1.29, 1.82) is 0 Å². The van der Waals surface area contributed by atoms with E-state index in [1.54, 1.807) is 11.1 Å². The predicted molar refractivity (Wildman–Crippen MR) is 66.3 cm³/mol. The first-order chi connectivity index (χ1) is 7.27. The van der Waals surface area contributed by atoms with Crippen molar-refractivity contribution in [2.24, 2.45) is 0 Å². The molecule has 0 aromatic heterocycles. The van der Waals surface area contributed by atoms with E-state index >= 15 is 0 Å². The quantitative estimate of drug-likeness (QED) is 0.720. The number of benzene rings is 1. The van der Waals surface area contributed by atoms with Crippen molar-refractivity contribution in [3.8, 4) is 0 Å². The zero-order valence-corrected chi connectivity index (χ0v) is 9.94. The van der Waals surface area contributed by atoms with Crippen LogP contribution in [-0.4, -0.2) is 16.7 Å². The van der Waals surface area contributed by atoms with Gasteiger partial charge in [0.05, 0.1) is 4.87 Å². The molecule has 0 radical (unpaired) electrons. The number of hydrogen-bond donors (Lipinski definition) is 1. The van der Waals surface area contributed by atoms with E-state index in [1.165, 1.54) is 25.0 Å². The molecule has 1 aromatic rings. The molecule has 0 saturated carbocycles. The molecule has 0 bridgehead atoms. The van der Waals surface area contributed by atoms with Gasteiger partial charge in [-0.1, -0.05) is 24.3 Å². The third-order valence-corrected chi connectivity index (χ3v) is 4.91. The van der Waals surface area contributed by atoms with Crippen molar-refractivity contribution in [2.45, 2.75) is 37.1 Å². The summed E-state index contributed by atoms with van der Waals surface area (Å²) < 4.78 is 0. The molecule has 80 valence electrons. The van der Waals surface area contributed by atoms with Crippen LogP contribution in [0, 0.1) is 0 Å². The Bertz CT molecular complexity index is 350. The maximum absolute atomic E-state index is 3.80. The SMILES string of the molecule is CC1CCSC2(Cc3ccccc3C2)N1. The highest BCUT2D eigenvalue weighted by Gasteiger charge is 2.40. The molecule has 1 N–H and O–H groups in total. The number of hydrogen-bond acceptors (Lipinski definition) is 2. The second kappa shape index (κ2) is 3.53. The summed E-state index contributed by atoms with van der Waals surface area (Å²) in [6, 6.07) is 9.57. The molecule has 2 heteroatoms. The Morgan fingerprint density at radius 1 is 1.27 bits per heavy atom. The highest BCUT2D eigenvalue weighted by molar-refractivity contribution is 8.00. The average molecular weight is 219 g/mol. The van der Waals surface area contributed by atoms with Gasteiger partial charge in [-0.05, 0) is 30.2 Å². The van der Waals surface area contributed by atoms with Crippen molar-refractivity contribution in [1.82, 2.24) is 5.32 Å². The van der Waals surface area contributed by atoms with Crippen molar-refractivity contribution >= 4 is 11.8 Å². The van der Waals surface area contributed by atoms with E-state index in [4.69, 9.17) is 0 Å². The molecule has 1 heterocycles. The van der Waals surface area contributed by atoms with Gasteiger partial charge < -0.3 is 0 Å². The summed E-state index contributed by atoms with van der Waals surface area (Å²) in [5.74, 6) is 1.31. The monoisotopic (exact) mass is 219 g/mol. The van der Waals surface area contributed by atoms with Gasteiger partial charge in [-0.3, -0.25) is 5.32 Å². The van der Waals surface area contributed by atoms with Crippen molar-refractivity contribution in [3.63, 3.8) is 0 Å². The molecule has 1 unspecified atom stereocenters. The van der Waals surface area contributed by atoms with Crippen LogP contribution >= 0.6 is 11.8 Å². The fraction of sp³-hybridized carbons (Fsp3) is 0.538. The summed E-state index contributed by atoms with van der Waals surface area (Å²) in [7, 11) is 0. The lowest BCUT2D eigenvalue weighted by Gasteiger charge is -2.38. The summed E-state index contributed by atoms with van der Waals surface area (Å²) >= 11 is 2.12. The lowest BCUT2D eigenvalue weighted by molar-refractivity contribution is 0.398. The Kier molecular flexibility index (Phi) is 2.29. The topological polar surface area (TPSA) is 12.0 Å². The third-order valence-electron chi connectivity index (χ3n) is 3.51. The summed E-state index contributed by atoms with van der Waals surface area (Å²) in [6.07, 6.45) is 3.72. The molecule has 1 aromatic carbocycles. The van der Waals surface area contributed by atoms with Crippen LogP contribution in [0.25, 0.3) is 0 Å². The average Bonchev–Trinajstić information content (AvgIpc) is 2.54. The van der Waals surface area contributed by atoms with Crippen LogP contribution in [0.3, 0.4) is 0 Å². The summed E-state index contributed by atoms with van der Waals surface area (Å²) in [4.78, 5) is 0.321. The fourth-order valence-corrected chi connectivity index (χ4v) is 4.44. The maximum atomic E-state index is 3.80. The van der Waals surface area contributed by atoms with Crippen LogP contribution in [-0.2, 0) is 12.8 Å². The lowest BCUT2D eigenvalue weighted by Crippen LogP contribution is -2.51. The van der Waals surface area contributed by atoms with Gasteiger partial charge in [0.25, 0.3) is 0 Å². The van der Waals surface area contributed by atoms with E-state index in [9.17, 15) is 0 Å². The number of nitrogens with one attached hydrogen (secondary N) is 1. The first-order valence-electron chi connectivity index (χ1n) is 5.76. The Morgan fingerprint density at radius 3 is 2.53 bits per heavy atom. The minimum atomic E-state index is 0.321. The molecule has 15 heavy (non-hydrogen) atoms. The zero-order chi connectivity index (χ0) is 10.3. The first kappa shape index (κ1) is 9.73. The summed E-state index contributed by atoms with van der Waals surface area (Å²) in [5.41, 5.74) is 3.10. The minimum Gasteiger partial charge on any atom is -0.300 e. The number of thioether (sulfide) groups is 1. The van der Waals surface area contributed by atoms with E-state index < -0.39 is 0 Å². The summed E-state index contributed by atoms with van der Waals surface area (Å²) in [5, 5.41) is 3.80. The van der Waals surface area contributed by atoms with Crippen molar-refractivity contribution in [2.75, 3.05) is 5.75 Å². The van der Waals surface area contributed by atoms with Crippen LogP contribution in [0.15, 0.2) is 24.3 Å². The lowest BCUT2D eigenvalue weighted by atomic mass is 10.1. The Balaban J connectivity index is 1.87. The highest BCUT2D eigenvalue weighted by Crippen LogP contribution is 2.41. The van der Waals surface area contributed by atoms with Crippen molar-refractivity contribution in [3.05, 3.63) is 35.4 Å². The molecule has 1 aliphatic heterocycles. The molecule has 1 spiro atoms. The largest absolute Gasteiger partial charge is 0.300 e. The fourth-order valence-electron chi connectivity index (χ4n) is 2.78. The van der Waals surface area contributed by atoms with Gasteiger partial charge in [0.15, 0.2) is 0 Å². The predicted octanol–water partition coefficient (Wildman–Crippen LogP) is 2.60. The Hall–Kier alpha value is -0.470. The Morgan fingerprint density at radius 2 is 1.93 bits per heavy atom. The molecule has 3 rings (SSSR count). The van der Waals surface area contributed by atoms with E-state index in [0.717, 1.165) is 0 Å². The van der Waals surface area contributed by atoms with Crippen LogP contribution < -0.4 is 5.32 Å². The molecular weight excluding hydrogens is 202 g/mol. The minimum absolute atomic E-state index is 0.321. The highest BCUT2D eigenvalue weighted by atomic mass is 32.2. The van der Waals surface area contributed by atoms with E-state index in [0.29, 0.717) is 10.9 Å². The number of rotatable bonds is 0. The van der Waals surface area contributed by atoms with Crippen molar-refractivity contribution < 1.29 is 0 Å². The van der Waals surface area contributed by atoms with Gasteiger partial charge in [-0.25, -0.2) is 0 Å². The third kappa shape index (κ3) is 1.70. The molecule has 1 atom stereocenters. The molecule has 0 amide bonds. The van der Waals surface area contributed by atoms with E-state index in [2.05, 4.69) is 48.3 Å². The van der Waals surface area contributed by atoms with E-state index in [-0.39, 0.29) is 0 Å². The van der Waals surface area contributed by atoms with Crippen LogP contribution in [0.2, 0.25) is 0 Å². The van der Waals surface area contributed by atoms with Gasteiger partial charge in [-0.15, -0.1) is 11.8 Å². The molecule has 2 aliphatic rings. The normalized spacial score (nSPS) is 27.9. The molecule has 1 aliphatic carbocycles.